The molecule has 0 radical (unpaired) electrons. The Kier molecular flexibility index (Phi) is 4.53. The molecular formula is C13H18N6O6. The van der Waals surface area contributed by atoms with E-state index in [1.54, 1.807) is 0 Å². The van der Waals surface area contributed by atoms with Crippen LogP contribution in [0.5, 0.6) is 0 Å². The zero-order valence-electron chi connectivity index (χ0n) is 13.1. The lowest BCUT2D eigenvalue weighted by atomic mass is 10.1. The predicted octanol–water partition coefficient (Wildman–Crippen LogP) is -2.66. The Balaban J connectivity index is 2.01. The number of nitrogen functional groups attached to an aromatic ring is 1. The lowest BCUT2D eigenvalue weighted by Gasteiger charge is -2.18. The molecule has 0 aliphatic carbocycles. The molecule has 0 spiro atoms. The van der Waals surface area contributed by atoms with Crippen LogP contribution in [0.15, 0.2) is 6.33 Å². The highest BCUT2D eigenvalue weighted by atomic mass is 16.6. The fourth-order valence-electron chi connectivity index (χ4n) is 2.68. The van der Waals surface area contributed by atoms with Gasteiger partial charge in [-0.3, -0.25) is 14.7 Å². The first-order chi connectivity index (χ1) is 11.8. The standard InChI is InChI=1S/C13H18N6O6/c1-4(21)16-13-17-10(14)6-11(18-13)19(3-15-6)12-8(24)7(23)9(25-12)5(22)2-20/h3,5,7-9,12,20,22-24H,2H2,1H3,(H3,14,16,17,18,21)/t5-,7+,8+,9+,12-/m1/s1. The molecule has 12 heteroatoms. The summed E-state index contributed by atoms with van der Waals surface area (Å²) in [5.74, 6) is -0.449. The second-order valence-electron chi connectivity index (χ2n) is 5.66. The van der Waals surface area contributed by atoms with Crippen molar-refractivity contribution in [2.75, 3.05) is 17.7 Å². The number of amides is 1. The van der Waals surface area contributed by atoms with E-state index in [1.807, 2.05) is 0 Å². The number of carbonyl (C=O) groups excluding carboxylic acids is 1. The molecule has 2 aromatic rings. The highest BCUT2D eigenvalue weighted by Crippen LogP contribution is 2.33. The van der Waals surface area contributed by atoms with Crippen LogP contribution in [0.3, 0.4) is 0 Å². The van der Waals surface area contributed by atoms with Crippen LogP contribution in [-0.2, 0) is 9.53 Å². The topological polar surface area (TPSA) is 189 Å². The summed E-state index contributed by atoms with van der Waals surface area (Å²) in [5.41, 5.74) is 6.17. The highest BCUT2D eigenvalue weighted by molar-refractivity contribution is 5.89. The number of hydrogen-bond donors (Lipinski definition) is 6. The summed E-state index contributed by atoms with van der Waals surface area (Å²) in [7, 11) is 0. The third kappa shape index (κ3) is 3.01. The molecular weight excluding hydrogens is 336 g/mol. The van der Waals surface area contributed by atoms with Crippen molar-refractivity contribution in [1.82, 2.24) is 19.5 Å². The second kappa shape index (κ2) is 6.50. The molecule has 25 heavy (non-hydrogen) atoms. The van der Waals surface area contributed by atoms with Gasteiger partial charge in [-0.05, 0) is 0 Å². The SMILES string of the molecule is CC(=O)Nc1nc(N)c2ncn([C@@H]3O[C@@H]([C@H](O)CO)[C@@H](O)[C@@H]3O)c2n1. The number of nitrogens with two attached hydrogens (primary N) is 1. The minimum Gasteiger partial charge on any atom is -0.394 e. The molecule has 1 amide bonds. The van der Waals surface area contributed by atoms with Crippen molar-refractivity contribution in [2.24, 2.45) is 0 Å². The van der Waals surface area contributed by atoms with Gasteiger partial charge in [0.1, 0.15) is 29.9 Å². The number of nitrogens with zero attached hydrogens (tertiary/aromatic N) is 4. The van der Waals surface area contributed by atoms with E-state index in [0.29, 0.717) is 0 Å². The first kappa shape index (κ1) is 17.4. The molecule has 1 aliphatic heterocycles. The third-order valence-corrected chi connectivity index (χ3v) is 3.85. The Morgan fingerprint density at radius 3 is 2.80 bits per heavy atom. The molecule has 3 heterocycles. The van der Waals surface area contributed by atoms with Crippen LogP contribution in [0, 0.1) is 0 Å². The molecule has 1 aliphatic rings. The minimum absolute atomic E-state index is 0.00692. The molecule has 0 unspecified atom stereocenters. The number of imidazole rings is 1. The summed E-state index contributed by atoms with van der Waals surface area (Å²) in [6.45, 7) is 0.635. The van der Waals surface area contributed by atoms with E-state index >= 15 is 0 Å². The van der Waals surface area contributed by atoms with Gasteiger partial charge in [0.05, 0.1) is 12.9 Å². The lowest BCUT2D eigenvalue weighted by molar-refractivity contribution is -0.114. The number of ether oxygens (including phenoxy) is 1. The van der Waals surface area contributed by atoms with Gasteiger partial charge in [0, 0.05) is 6.92 Å². The van der Waals surface area contributed by atoms with E-state index in [0.717, 1.165) is 0 Å². The molecule has 1 fully saturated rings. The van der Waals surface area contributed by atoms with Gasteiger partial charge in [-0.2, -0.15) is 9.97 Å². The van der Waals surface area contributed by atoms with Crippen LogP contribution in [0.2, 0.25) is 0 Å². The van der Waals surface area contributed by atoms with Crippen LogP contribution < -0.4 is 11.1 Å². The van der Waals surface area contributed by atoms with Crippen LogP contribution in [0.25, 0.3) is 11.2 Å². The summed E-state index contributed by atoms with van der Waals surface area (Å²) in [4.78, 5) is 23.3. The van der Waals surface area contributed by atoms with E-state index in [1.165, 1.54) is 17.8 Å². The Morgan fingerprint density at radius 2 is 2.16 bits per heavy atom. The Hall–Kier alpha value is -2.38. The number of aromatic nitrogens is 4. The number of carbonyl (C=O) groups is 1. The summed E-state index contributed by atoms with van der Waals surface area (Å²) in [6.07, 6.45) is -5.27. The van der Waals surface area contributed by atoms with Gasteiger partial charge in [-0.1, -0.05) is 0 Å². The maximum atomic E-state index is 11.2. The number of aliphatic hydroxyl groups is 4. The largest absolute Gasteiger partial charge is 0.394 e. The summed E-state index contributed by atoms with van der Waals surface area (Å²) in [6, 6.07) is 0. The Labute approximate surface area is 140 Å². The molecule has 136 valence electrons. The normalized spacial score (nSPS) is 27.6. The first-order valence-corrected chi connectivity index (χ1v) is 7.41. The number of hydrogen-bond acceptors (Lipinski definition) is 10. The van der Waals surface area contributed by atoms with E-state index in [2.05, 4.69) is 20.3 Å². The summed E-state index contributed by atoms with van der Waals surface area (Å²) < 4.78 is 6.78. The van der Waals surface area contributed by atoms with Crippen molar-refractivity contribution in [1.29, 1.82) is 0 Å². The van der Waals surface area contributed by atoms with Gasteiger partial charge in [-0.25, -0.2) is 4.98 Å². The van der Waals surface area contributed by atoms with E-state index < -0.39 is 43.2 Å². The van der Waals surface area contributed by atoms with Gasteiger partial charge >= 0.3 is 0 Å². The second-order valence-corrected chi connectivity index (χ2v) is 5.66. The van der Waals surface area contributed by atoms with Crippen molar-refractivity contribution in [3.8, 4) is 0 Å². The van der Waals surface area contributed by atoms with Crippen molar-refractivity contribution in [3.05, 3.63) is 6.33 Å². The van der Waals surface area contributed by atoms with Crippen molar-refractivity contribution in [2.45, 2.75) is 37.6 Å². The molecule has 1 saturated heterocycles. The number of aliphatic hydroxyl groups excluding tert-OH is 4. The van der Waals surface area contributed by atoms with Crippen molar-refractivity contribution in [3.63, 3.8) is 0 Å². The van der Waals surface area contributed by atoms with Gasteiger partial charge in [-0.15, -0.1) is 0 Å². The number of rotatable bonds is 4. The Bertz CT molecular complexity index is 797. The first-order valence-electron chi connectivity index (χ1n) is 7.41. The molecule has 2 aromatic heterocycles. The zero-order chi connectivity index (χ0) is 18.3. The van der Waals surface area contributed by atoms with Gasteiger partial charge in [0.15, 0.2) is 17.7 Å². The molecule has 5 atom stereocenters. The predicted molar refractivity (Wildman–Crippen MR) is 83.1 cm³/mol. The lowest BCUT2D eigenvalue weighted by Crippen LogP contribution is -2.40. The van der Waals surface area contributed by atoms with E-state index in [-0.39, 0.29) is 22.9 Å². The number of nitrogens with one attached hydrogen (secondary N) is 1. The van der Waals surface area contributed by atoms with Gasteiger partial charge in [0.2, 0.25) is 11.9 Å². The van der Waals surface area contributed by atoms with Crippen LogP contribution in [0.1, 0.15) is 13.2 Å². The highest BCUT2D eigenvalue weighted by Gasteiger charge is 2.47. The van der Waals surface area contributed by atoms with Crippen molar-refractivity contribution < 1.29 is 30.0 Å². The number of fused-ring (bicyclic) bond motifs is 1. The van der Waals surface area contributed by atoms with Gasteiger partial charge in [0.25, 0.3) is 0 Å². The molecule has 12 nitrogen and oxygen atoms in total. The Morgan fingerprint density at radius 1 is 1.44 bits per heavy atom. The third-order valence-electron chi connectivity index (χ3n) is 3.85. The maximum absolute atomic E-state index is 11.2. The van der Waals surface area contributed by atoms with Crippen LogP contribution in [-0.4, -0.2) is 76.9 Å². The molecule has 0 bridgehead atoms. The molecule has 0 aromatic carbocycles. The zero-order valence-corrected chi connectivity index (χ0v) is 13.1. The number of anilines is 2. The van der Waals surface area contributed by atoms with E-state index in [9.17, 15) is 20.1 Å². The fourth-order valence-corrected chi connectivity index (χ4v) is 2.68. The van der Waals surface area contributed by atoms with Crippen LogP contribution >= 0.6 is 0 Å². The van der Waals surface area contributed by atoms with E-state index in [4.69, 9.17) is 15.6 Å². The van der Waals surface area contributed by atoms with Crippen molar-refractivity contribution >= 4 is 28.8 Å². The minimum atomic E-state index is -1.43. The summed E-state index contributed by atoms with van der Waals surface area (Å²) >= 11 is 0. The molecule has 3 rings (SSSR count). The smallest absolute Gasteiger partial charge is 0.233 e. The average molecular weight is 354 g/mol. The van der Waals surface area contributed by atoms with Gasteiger partial charge < -0.3 is 30.9 Å². The molecule has 7 N–H and O–H groups in total. The fraction of sp³-hybridized carbons (Fsp3) is 0.538. The quantitative estimate of drug-likeness (QED) is 0.338. The monoisotopic (exact) mass is 354 g/mol. The summed E-state index contributed by atoms with van der Waals surface area (Å²) in [5, 5.41) is 41.4. The average Bonchev–Trinajstić information content (AvgIpc) is 3.09. The molecule has 0 saturated carbocycles. The van der Waals surface area contributed by atoms with Crippen LogP contribution in [0.4, 0.5) is 11.8 Å². The maximum Gasteiger partial charge on any atom is 0.233 e.